The molecule has 1 aliphatic heterocycles. The Morgan fingerprint density at radius 3 is 2.34 bits per heavy atom. The van der Waals surface area contributed by atoms with E-state index in [1.807, 2.05) is 66.7 Å². The first-order valence-corrected chi connectivity index (χ1v) is 10.0. The van der Waals surface area contributed by atoms with E-state index in [1.165, 1.54) is 5.56 Å². The maximum Gasteiger partial charge on any atom is 0.161 e. The van der Waals surface area contributed by atoms with Crippen molar-refractivity contribution in [1.82, 2.24) is 4.90 Å². The van der Waals surface area contributed by atoms with Gasteiger partial charge in [0.25, 0.3) is 0 Å². The Bertz CT molecular complexity index is 980. The predicted molar refractivity (Wildman–Crippen MR) is 117 cm³/mol. The zero-order chi connectivity index (χ0) is 19.9. The second kappa shape index (κ2) is 9.35. The molecule has 0 unspecified atom stereocenters. The van der Waals surface area contributed by atoms with Crippen molar-refractivity contribution in [2.75, 3.05) is 13.1 Å². The van der Waals surface area contributed by atoms with Crippen molar-refractivity contribution in [2.45, 2.75) is 19.6 Å². The highest BCUT2D eigenvalue weighted by atomic mass is 16.5. The van der Waals surface area contributed by atoms with Gasteiger partial charge < -0.3 is 4.74 Å². The number of ether oxygens (including phenoxy) is 1. The molecule has 0 saturated carbocycles. The fourth-order valence-corrected chi connectivity index (χ4v) is 3.57. The zero-order valence-corrected chi connectivity index (χ0v) is 16.5. The maximum absolute atomic E-state index is 12.5. The van der Waals surface area contributed by atoms with Crippen LogP contribution < -0.4 is 4.74 Å². The van der Waals surface area contributed by atoms with E-state index >= 15 is 0 Å². The minimum absolute atomic E-state index is 0.241. The predicted octanol–water partition coefficient (Wildman–Crippen LogP) is 5.12. The first-order valence-electron chi connectivity index (χ1n) is 10.0. The minimum atomic E-state index is 0.241. The first kappa shape index (κ1) is 19.2. The fraction of sp³-hybridized carbons (Fsp3) is 0.192. The minimum Gasteiger partial charge on any atom is -0.489 e. The quantitative estimate of drug-likeness (QED) is 0.553. The van der Waals surface area contributed by atoms with Crippen LogP contribution in [-0.4, -0.2) is 23.8 Å². The fourth-order valence-electron chi connectivity index (χ4n) is 3.57. The Hall–Kier alpha value is -3.17. The van der Waals surface area contributed by atoms with Crippen molar-refractivity contribution < 1.29 is 9.53 Å². The van der Waals surface area contributed by atoms with Crippen LogP contribution in [0.25, 0.3) is 6.08 Å². The number of carbonyl (C=O) groups is 1. The standard InChI is InChI=1S/C26H25NO2/c28-26-14-15-27(18-21-8-3-1-4-9-21)19-24(26)16-23-12-7-13-25(17-23)29-20-22-10-5-2-6-11-22/h1-13,16-17H,14-15,18-20H2/b24-16+. The highest BCUT2D eigenvalue weighted by Gasteiger charge is 2.21. The van der Waals surface area contributed by atoms with Crippen LogP contribution in [0, 0.1) is 0 Å². The molecular weight excluding hydrogens is 358 g/mol. The highest BCUT2D eigenvalue weighted by molar-refractivity contribution is 6.00. The second-order valence-electron chi connectivity index (χ2n) is 7.39. The van der Waals surface area contributed by atoms with Crippen molar-refractivity contribution >= 4 is 11.9 Å². The summed E-state index contributed by atoms with van der Waals surface area (Å²) in [6.45, 7) is 2.89. The van der Waals surface area contributed by atoms with Crippen LogP contribution >= 0.6 is 0 Å². The molecule has 3 aromatic carbocycles. The molecule has 3 heteroatoms. The summed E-state index contributed by atoms with van der Waals surface area (Å²) >= 11 is 0. The van der Waals surface area contributed by atoms with Crippen molar-refractivity contribution in [3.63, 3.8) is 0 Å². The number of Topliss-reactive ketones (excluding diaryl/α,β-unsaturated/α-hetero) is 1. The maximum atomic E-state index is 12.5. The molecule has 4 rings (SSSR count). The molecule has 0 radical (unpaired) electrons. The molecule has 1 heterocycles. The van der Waals surface area contributed by atoms with Crippen molar-refractivity contribution in [3.8, 4) is 5.75 Å². The molecule has 3 nitrogen and oxygen atoms in total. The Labute approximate surface area is 172 Å². The molecule has 0 bridgehead atoms. The molecule has 1 fully saturated rings. The van der Waals surface area contributed by atoms with Crippen LogP contribution in [0.5, 0.6) is 5.75 Å². The van der Waals surface area contributed by atoms with Gasteiger partial charge in [0.05, 0.1) is 0 Å². The summed E-state index contributed by atoms with van der Waals surface area (Å²) in [5, 5.41) is 0. The summed E-state index contributed by atoms with van der Waals surface area (Å²) in [6, 6.07) is 28.5. The lowest BCUT2D eigenvalue weighted by atomic mass is 9.99. The molecule has 0 atom stereocenters. The number of nitrogens with zero attached hydrogens (tertiary/aromatic N) is 1. The molecule has 0 N–H and O–H groups in total. The Morgan fingerprint density at radius 2 is 1.59 bits per heavy atom. The molecule has 29 heavy (non-hydrogen) atoms. The van der Waals surface area contributed by atoms with Gasteiger partial charge in [-0.15, -0.1) is 0 Å². The molecule has 3 aromatic rings. The smallest absolute Gasteiger partial charge is 0.161 e. The lowest BCUT2D eigenvalue weighted by Crippen LogP contribution is -2.35. The van der Waals surface area contributed by atoms with E-state index in [1.54, 1.807) is 0 Å². The van der Waals surface area contributed by atoms with Gasteiger partial charge in [0.2, 0.25) is 0 Å². The Balaban J connectivity index is 1.43. The molecule has 1 saturated heterocycles. The van der Waals surface area contributed by atoms with Crippen LogP contribution in [0.1, 0.15) is 23.1 Å². The van der Waals surface area contributed by atoms with E-state index in [-0.39, 0.29) is 5.78 Å². The third-order valence-corrected chi connectivity index (χ3v) is 5.10. The van der Waals surface area contributed by atoms with E-state index in [2.05, 4.69) is 29.2 Å². The average Bonchev–Trinajstić information content (AvgIpc) is 2.76. The molecule has 0 spiro atoms. The molecule has 1 aliphatic rings. The van der Waals surface area contributed by atoms with Gasteiger partial charge in [-0.25, -0.2) is 0 Å². The van der Waals surface area contributed by atoms with Gasteiger partial charge in [-0.05, 0) is 34.9 Å². The Morgan fingerprint density at radius 1 is 0.862 bits per heavy atom. The van der Waals surface area contributed by atoms with Gasteiger partial charge in [-0.1, -0.05) is 72.8 Å². The van der Waals surface area contributed by atoms with Gasteiger partial charge in [-0.3, -0.25) is 9.69 Å². The van der Waals surface area contributed by atoms with Crippen molar-refractivity contribution in [1.29, 1.82) is 0 Å². The monoisotopic (exact) mass is 383 g/mol. The third-order valence-electron chi connectivity index (χ3n) is 5.10. The summed E-state index contributed by atoms with van der Waals surface area (Å²) in [4.78, 5) is 14.8. The number of ketones is 1. The van der Waals surface area contributed by atoms with Crippen LogP contribution in [0.4, 0.5) is 0 Å². The van der Waals surface area contributed by atoms with Gasteiger partial charge in [0.1, 0.15) is 12.4 Å². The number of hydrogen-bond donors (Lipinski definition) is 0. The van der Waals surface area contributed by atoms with Crippen molar-refractivity contribution in [2.24, 2.45) is 0 Å². The average molecular weight is 383 g/mol. The van der Waals surface area contributed by atoms with Gasteiger partial charge in [0, 0.05) is 31.6 Å². The molecular formula is C26H25NO2. The van der Waals surface area contributed by atoms with Gasteiger partial charge in [-0.2, -0.15) is 0 Å². The largest absolute Gasteiger partial charge is 0.489 e. The third kappa shape index (κ3) is 5.43. The number of benzene rings is 3. The van der Waals surface area contributed by atoms with Gasteiger partial charge >= 0.3 is 0 Å². The van der Waals surface area contributed by atoms with E-state index in [0.29, 0.717) is 19.6 Å². The summed E-state index contributed by atoms with van der Waals surface area (Å²) in [6.07, 6.45) is 2.58. The molecule has 146 valence electrons. The zero-order valence-electron chi connectivity index (χ0n) is 16.5. The first-order chi connectivity index (χ1) is 14.3. The van der Waals surface area contributed by atoms with Crippen molar-refractivity contribution in [3.05, 3.63) is 107 Å². The van der Waals surface area contributed by atoms with E-state index < -0.39 is 0 Å². The van der Waals surface area contributed by atoms with E-state index in [4.69, 9.17) is 4.74 Å². The summed E-state index contributed by atoms with van der Waals surface area (Å²) < 4.78 is 5.92. The van der Waals surface area contributed by atoms with Crippen LogP contribution in [0.15, 0.2) is 90.5 Å². The number of carbonyl (C=O) groups excluding carboxylic acids is 1. The lowest BCUT2D eigenvalue weighted by Gasteiger charge is -2.27. The number of piperidine rings is 1. The molecule has 0 aromatic heterocycles. The topological polar surface area (TPSA) is 29.5 Å². The lowest BCUT2D eigenvalue weighted by molar-refractivity contribution is -0.117. The normalized spacial score (nSPS) is 16.1. The van der Waals surface area contributed by atoms with E-state index in [0.717, 1.165) is 35.5 Å². The number of rotatable bonds is 6. The van der Waals surface area contributed by atoms with Crippen LogP contribution in [-0.2, 0) is 17.9 Å². The molecule has 0 aliphatic carbocycles. The van der Waals surface area contributed by atoms with E-state index in [9.17, 15) is 4.79 Å². The molecule has 0 amide bonds. The van der Waals surface area contributed by atoms with Crippen LogP contribution in [0.3, 0.4) is 0 Å². The summed E-state index contributed by atoms with van der Waals surface area (Å²) in [7, 11) is 0. The Kier molecular flexibility index (Phi) is 6.18. The SMILES string of the molecule is O=C1CCN(Cc2ccccc2)C/C1=C\c1cccc(OCc2ccccc2)c1. The number of likely N-dealkylation sites (tertiary alicyclic amines) is 1. The number of hydrogen-bond acceptors (Lipinski definition) is 3. The summed E-state index contributed by atoms with van der Waals surface area (Å²) in [5.41, 5.74) is 4.28. The highest BCUT2D eigenvalue weighted by Crippen LogP contribution is 2.21. The summed E-state index contributed by atoms with van der Waals surface area (Å²) in [5.74, 6) is 1.05. The van der Waals surface area contributed by atoms with Gasteiger partial charge in [0.15, 0.2) is 5.78 Å². The second-order valence-corrected chi connectivity index (χ2v) is 7.39. The van der Waals surface area contributed by atoms with Crippen LogP contribution in [0.2, 0.25) is 0 Å².